The molecule has 0 aliphatic heterocycles. The second-order valence-electron chi connectivity index (χ2n) is 7.09. The van der Waals surface area contributed by atoms with Gasteiger partial charge in [-0.25, -0.2) is 0 Å². The van der Waals surface area contributed by atoms with Crippen molar-refractivity contribution in [1.29, 1.82) is 0 Å². The molecular formula is C26H19NO. The minimum absolute atomic E-state index is 0.00347. The zero-order chi connectivity index (χ0) is 19.1. The molecule has 0 saturated carbocycles. The molecule has 0 atom stereocenters. The zero-order valence-corrected chi connectivity index (χ0v) is 15.6. The number of carbonyl (C=O) groups is 1. The molecule has 134 valence electrons. The summed E-state index contributed by atoms with van der Waals surface area (Å²) in [5.74, 6) is -0.00347. The maximum atomic E-state index is 13.8. The first-order chi connectivity index (χ1) is 13.7. The molecule has 0 saturated heterocycles. The van der Waals surface area contributed by atoms with E-state index in [0.29, 0.717) is 5.56 Å². The molecule has 0 bridgehead atoms. The molecule has 0 spiro atoms. The predicted octanol–water partition coefficient (Wildman–Crippen LogP) is 6.46. The highest BCUT2D eigenvalue weighted by atomic mass is 16.2. The number of carbonyl (C=O) groups excluding carboxylic acids is 1. The molecule has 5 rings (SSSR count). The van der Waals surface area contributed by atoms with Crippen molar-refractivity contribution >= 4 is 27.7 Å². The van der Waals surface area contributed by atoms with E-state index < -0.39 is 0 Å². The van der Waals surface area contributed by atoms with Gasteiger partial charge in [0.15, 0.2) is 0 Å². The van der Waals surface area contributed by atoms with Crippen molar-refractivity contribution in [2.45, 2.75) is 6.92 Å². The van der Waals surface area contributed by atoms with E-state index in [4.69, 9.17) is 0 Å². The maximum absolute atomic E-state index is 13.8. The molecule has 1 heterocycles. The minimum Gasteiger partial charge on any atom is -0.276 e. The number of hydrogen-bond acceptors (Lipinski definition) is 1. The summed E-state index contributed by atoms with van der Waals surface area (Å²) in [6.45, 7) is 2.06. The smallest absolute Gasteiger partial charge is 0.263 e. The van der Waals surface area contributed by atoms with Crippen LogP contribution < -0.4 is 0 Å². The van der Waals surface area contributed by atoms with Crippen LogP contribution in [0.4, 0.5) is 0 Å². The van der Waals surface area contributed by atoms with Gasteiger partial charge >= 0.3 is 0 Å². The lowest BCUT2D eigenvalue weighted by Gasteiger charge is -2.12. The van der Waals surface area contributed by atoms with E-state index in [0.717, 1.165) is 38.5 Å². The summed E-state index contributed by atoms with van der Waals surface area (Å²) in [6.07, 6.45) is 0. The Bertz CT molecular complexity index is 1280. The van der Waals surface area contributed by atoms with Crippen LogP contribution in [0.2, 0.25) is 0 Å². The van der Waals surface area contributed by atoms with Crippen molar-refractivity contribution in [2.24, 2.45) is 0 Å². The lowest BCUT2D eigenvalue weighted by Crippen LogP contribution is -2.13. The van der Waals surface area contributed by atoms with E-state index in [-0.39, 0.29) is 5.91 Å². The lowest BCUT2D eigenvalue weighted by atomic mass is 9.97. The van der Waals surface area contributed by atoms with Gasteiger partial charge in [-0.15, -0.1) is 0 Å². The molecule has 2 heteroatoms. The average Bonchev–Trinajstić information content (AvgIpc) is 3.08. The van der Waals surface area contributed by atoms with Crippen molar-refractivity contribution in [1.82, 2.24) is 4.57 Å². The number of fused-ring (bicyclic) bond motifs is 3. The van der Waals surface area contributed by atoms with Crippen LogP contribution in [0.1, 0.15) is 15.9 Å². The fraction of sp³-hybridized carbons (Fsp3) is 0.0385. The van der Waals surface area contributed by atoms with E-state index >= 15 is 0 Å². The van der Waals surface area contributed by atoms with Crippen LogP contribution in [-0.2, 0) is 0 Å². The highest BCUT2D eigenvalue weighted by molar-refractivity contribution is 6.17. The Morgan fingerprint density at radius 2 is 1.25 bits per heavy atom. The summed E-state index contributed by atoms with van der Waals surface area (Å²) in [7, 11) is 0. The molecule has 4 aromatic carbocycles. The van der Waals surface area contributed by atoms with Gasteiger partial charge in [0.2, 0.25) is 0 Å². The molecular weight excluding hydrogens is 342 g/mol. The number of aryl methyl sites for hydroxylation is 1. The highest BCUT2D eigenvalue weighted by Gasteiger charge is 2.20. The van der Waals surface area contributed by atoms with Crippen molar-refractivity contribution in [3.8, 4) is 11.1 Å². The Balaban J connectivity index is 1.80. The van der Waals surface area contributed by atoms with Crippen LogP contribution in [0, 0.1) is 6.92 Å². The SMILES string of the molecule is Cc1ccc(C(=O)n2c3ccccc3c3ccccc32)c(-c2ccccc2)c1. The van der Waals surface area contributed by atoms with E-state index in [1.54, 1.807) is 0 Å². The van der Waals surface area contributed by atoms with Gasteiger partial charge in [-0.2, -0.15) is 0 Å². The predicted molar refractivity (Wildman–Crippen MR) is 116 cm³/mol. The number of benzene rings is 4. The Hall–Kier alpha value is -3.65. The van der Waals surface area contributed by atoms with E-state index in [9.17, 15) is 4.79 Å². The van der Waals surface area contributed by atoms with Crippen molar-refractivity contribution in [2.75, 3.05) is 0 Å². The molecule has 0 fully saturated rings. The van der Waals surface area contributed by atoms with Crippen LogP contribution in [-0.4, -0.2) is 10.5 Å². The molecule has 0 aliphatic rings. The summed E-state index contributed by atoms with van der Waals surface area (Å²) >= 11 is 0. The Labute approximate surface area is 163 Å². The van der Waals surface area contributed by atoms with Crippen LogP contribution in [0.25, 0.3) is 32.9 Å². The van der Waals surface area contributed by atoms with Crippen molar-refractivity contribution < 1.29 is 4.79 Å². The first-order valence-corrected chi connectivity index (χ1v) is 9.43. The zero-order valence-electron chi connectivity index (χ0n) is 15.6. The third kappa shape index (κ3) is 2.54. The second kappa shape index (κ2) is 6.50. The lowest BCUT2D eigenvalue weighted by molar-refractivity contribution is 0.0970. The van der Waals surface area contributed by atoms with Gasteiger partial charge in [0.1, 0.15) is 0 Å². The first kappa shape index (κ1) is 16.5. The summed E-state index contributed by atoms with van der Waals surface area (Å²) in [6, 6.07) is 32.4. The topological polar surface area (TPSA) is 22.0 Å². The standard InChI is InChI=1S/C26H19NO/c1-18-15-16-22(23(17-18)19-9-3-2-4-10-19)26(28)27-24-13-7-5-11-20(24)21-12-6-8-14-25(21)27/h2-17H,1H3. The Kier molecular flexibility index (Phi) is 3.84. The van der Waals surface area contributed by atoms with Crippen molar-refractivity contribution in [3.05, 3.63) is 108 Å². The van der Waals surface area contributed by atoms with Gasteiger partial charge < -0.3 is 0 Å². The number of para-hydroxylation sites is 2. The molecule has 0 unspecified atom stereocenters. The number of rotatable bonds is 2. The van der Waals surface area contributed by atoms with E-state index in [2.05, 4.69) is 37.3 Å². The molecule has 0 amide bonds. The van der Waals surface area contributed by atoms with Gasteiger partial charge in [0.25, 0.3) is 5.91 Å². The fourth-order valence-corrected chi connectivity index (χ4v) is 3.96. The normalized spacial score (nSPS) is 11.2. The third-order valence-electron chi connectivity index (χ3n) is 5.27. The fourth-order valence-electron chi connectivity index (χ4n) is 3.96. The molecule has 0 aliphatic carbocycles. The summed E-state index contributed by atoms with van der Waals surface area (Å²) in [5, 5.41) is 2.19. The molecule has 0 radical (unpaired) electrons. The average molecular weight is 361 g/mol. The number of nitrogens with zero attached hydrogens (tertiary/aromatic N) is 1. The summed E-state index contributed by atoms with van der Waals surface area (Å²) in [4.78, 5) is 13.8. The summed E-state index contributed by atoms with van der Waals surface area (Å²) < 4.78 is 1.85. The molecule has 2 nitrogen and oxygen atoms in total. The van der Waals surface area contributed by atoms with Crippen molar-refractivity contribution in [3.63, 3.8) is 0 Å². The first-order valence-electron chi connectivity index (χ1n) is 9.43. The quantitative estimate of drug-likeness (QED) is 0.354. The molecule has 28 heavy (non-hydrogen) atoms. The minimum atomic E-state index is -0.00347. The van der Waals surface area contributed by atoms with Crippen LogP contribution in [0.5, 0.6) is 0 Å². The van der Waals surface area contributed by atoms with Gasteiger partial charge in [-0.05, 0) is 36.2 Å². The summed E-state index contributed by atoms with van der Waals surface area (Å²) in [5.41, 5.74) is 5.74. The van der Waals surface area contributed by atoms with Gasteiger partial charge in [-0.1, -0.05) is 84.4 Å². The highest BCUT2D eigenvalue weighted by Crippen LogP contribution is 2.32. The van der Waals surface area contributed by atoms with E-state index in [1.807, 2.05) is 71.3 Å². The maximum Gasteiger partial charge on any atom is 0.263 e. The number of hydrogen-bond donors (Lipinski definition) is 0. The van der Waals surface area contributed by atoms with Crippen LogP contribution in [0.15, 0.2) is 97.1 Å². The second-order valence-corrected chi connectivity index (χ2v) is 7.09. The van der Waals surface area contributed by atoms with Crippen LogP contribution >= 0.6 is 0 Å². The van der Waals surface area contributed by atoms with Gasteiger partial charge in [0.05, 0.1) is 11.0 Å². The van der Waals surface area contributed by atoms with Crippen LogP contribution in [0.3, 0.4) is 0 Å². The molecule has 5 aromatic rings. The molecule has 1 aromatic heterocycles. The van der Waals surface area contributed by atoms with Gasteiger partial charge in [-0.3, -0.25) is 9.36 Å². The Morgan fingerprint density at radius 3 is 1.89 bits per heavy atom. The largest absolute Gasteiger partial charge is 0.276 e. The third-order valence-corrected chi connectivity index (χ3v) is 5.27. The number of aromatic nitrogens is 1. The Morgan fingerprint density at radius 1 is 0.679 bits per heavy atom. The van der Waals surface area contributed by atoms with Gasteiger partial charge in [0, 0.05) is 16.3 Å². The van der Waals surface area contributed by atoms with E-state index in [1.165, 1.54) is 0 Å². The monoisotopic (exact) mass is 361 g/mol. The molecule has 0 N–H and O–H groups in total.